The van der Waals surface area contributed by atoms with Gasteiger partial charge in [0.1, 0.15) is 0 Å². The van der Waals surface area contributed by atoms with Crippen molar-refractivity contribution in [3.8, 4) is 0 Å². The lowest BCUT2D eigenvalue weighted by atomic mass is 9.86. The van der Waals surface area contributed by atoms with Gasteiger partial charge in [-0.15, -0.1) is 0 Å². The van der Waals surface area contributed by atoms with Crippen LogP contribution < -0.4 is 5.32 Å². The van der Waals surface area contributed by atoms with Crippen LogP contribution in [0.15, 0.2) is 42.5 Å². The van der Waals surface area contributed by atoms with E-state index < -0.39 is 0 Å². The molecule has 1 aliphatic carbocycles. The van der Waals surface area contributed by atoms with Crippen molar-refractivity contribution in [2.75, 3.05) is 0 Å². The molecule has 0 bridgehead atoms. The minimum atomic E-state index is 0.00929. The molecule has 1 aliphatic rings. The van der Waals surface area contributed by atoms with Crippen LogP contribution in [-0.2, 0) is 18.3 Å². The smallest absolute Gasteiger partial charge is 0.251 e. The summed E-state index contributed by atoms with van der Waals surface area (Å²) in [5, 5.41) is 3.23. The Morgan fingerprint density at radius 3 is 2.27 bits per heavy atom. The molecule has 0 aliphatic heterocycles. The van der Waals surface area contributed by atoms with Crippen molar-refractivity contribution < 1.29 is 4.79 Å². The summed E-state index contributed by atoms with van der Waals surface area (Å²) in [6, 6.07) is 14.8. The largest absolute Gasteiger partial charge is 0.345 e. The fraction of sp³-hybridized carbons (Fsp3) is 0.458. The Labute approximate surface area is 158 Å². The molecule has 138 valence electrons. The van der Waals surface area contributed by atoms with Crippen molar-refractivity contribution >= 4 is 5.91 Å². The monoisotopic (exact) mass is 349 g/mol. The Morgan fingerprint density at radius 1 is 1.00 bits per heavy atom. The van der Waals surface area contributed by atoms with Crippen LogP contribution in [0.5, 0.6) is 0 Å². The molecule has 1 N–H and O–H groups in total. The summed E-state index contributed by atoms with van der Waals surface area (Å²) >= 11 is 0. The molecule has 2 nitrogen and oxygen atoms in total. The van der Waals surface area contributed by atoms with E-state index in [1.807, 2.05) is 12.1 Å². The number of fused-ring (bicyclic) bond motifs is 1. The summed E-state index contributed by atoms with van der Waals surface area (Å²) in [5.41, 5.74) is 6.26. The lowest BCUT2D eigenvalue weighted by molar-refractivity contribution is 0.0935. The quantitative estimate of drug-likeness (QED) is 0.749. The van der Waals surface area contributed by atoms with Crippen LogP contribution >= 0.6 is 0 Å². The first-order valence-electron chi connectivity index (χ1n) is 9.91. The van der Waals surface area contributed by atoms with Crippen molar-refractivity contribution in [2.24, 2.45) is 0 Å². The third kappa shape index (κ3) is 4.17. The normalized spacial score (nSPS) is 15.2. The summed E-state index contributed by atoms with van der Waals surface area (Å²) in [5.74, 6) is 0.00929. The number of aryl methyl sites for hydroxylation is 2. The van der Waals surface area contributed by atoms with Crippen molar-refractivity contribution in [3.63, 3.8) is 0 Å². The van der Waals surface area contributed by atoms with Crippen LogP contribution in [0.25, 0.3) is 0 Å². The molecule has 1 unspecified atom stereocenters. The molecule has 3 rings (SSSR count). The lowest BCUT2D eigenvalue weighted by Gasteiger charge is -2.22. The van der Waals surface area contributed by atoms with Gasteiger partial charge in [0.25, 0.3) is 5.91 Å². The molecule has 26 heavy (non-hydrogen) atoms. The van der Waals surface area contributed by atoms with E-state index in [1.165, 1.54) is 47.9 Å². The highest BCUT2D eigenvalue weighted by molar-refractivity contribution is 5.94. The second-order valence-electron chi connectivity index (χ2n) is 8.50. The van der Waals surface area contributed by atoms with E-state index in [-0.39, 0.29) is 17.4 Å². The lowest BCUT2D eigenvalue weighted by Crippen LogP contribution is -2.28. The van der Waals surface area contributed by atoms with E-state index in [0.717, 1.165) is 12.0 Å². The average Bonchev–Trinajstić information content (AvgIpc) is 2.65. The van der Waals surface area contributed by atoms with Gasteiger partial charge in [-0.3, -0.25) is 4.79 Å². The van der Waals surface area contributed by atoms with Crippen LogP contribution in [0.3, 0.4) is 0 Å². The third-order valence-electron chi connectivity index (χ3n) is 5.50. The van der Waals surface area contributed by atoms with Gasteiger partial charge in [0.2, 0.25) is 0 Å². The van der Waals surface area contributed by atoms with Crippen molar-refractivity contribution in [1.82, 2.24) is 5.32 Å². The van der Waals surface area contributed by atoms with Gasteiger partial charge in [-0.05, 0) is 71.9 Å². The number of hydrogen-bond donors (Lipinski definition) is 1. The molecular weight excluding hydrogens is 318 g/mol. The van der Waals surface area contributed by atoms with Gasteiger partial charge >= 0.3 is 0 Å². The highest BCUT2D eigenvalue weighted by Crippen LogP contribution is 2.27. The molecule has 1 amide bonds. The minimum Gasteiger partial charge on any atom is -0.345 e. The first kappa shape index (κ1) is 18.7. The number of benzene rings is 2. The number of carbonyl (C=O) groups is 1. The Morgan fingerprint density at radius 2 is 1.65 bits per heavy atom. The zero-order valence-electron chi connectivity index (χ0n) is 16.6. The molecule has 1 atom stereocenters. The number of amides is 1. The fourth-order valence-corrected chi connectivity index (χ4v) is 3.75. The van der Waals surface area contributed by atoms with Gasteiger partial charge in [0.15, 0.2) is 0 Å². The molecule has 2 aromatic carbocycles. The molecule has 0 saturated carbocycles. The Kier molecular flexibility index (Phi) is 5.50. The summed E-state index contributed by atoms with van der Waals surface area (Å²) in [4.78, 5) is 12.7. The second-order valence-corrected chi connectivity index (χ2v) is 8.50. The third-order valence-corrected chi connectivity index (χ3v) is 5.50. The van der Waals surface area contributed by atoms with E-state index in [4.69, 9.17) is 0 Å². The number of hydrogen-bond acceptors (Lipinski definition) is 1. The van der Waals surface area contributed by atoms with E-state index in [1.54, 1.807) is 0 Å². The molecule has 2 aromatic rings. The van der Waals surface area contributed by atoms with Gasteiger partial charge in [-0.1, -0.05) is 58.0 Å². The Balaban J connectivity index is 1.74. The number of carbonyl (C=O) groups excluding carboxylic acids is 1. The molecule has 0 heterocycles. The molecule has 0 radical (unpaired) electrons. The zero-order chi connectivity index (χ0) is 18.7. The average molecular weight is 350 g/mol. The SMILES string of the molecule is CCC(NC(=O)c1ccc(C(C)(C)C)cc1)c1ccc2c(c1)CCCC2. The highest BCUT2D eigenvalue weighted by atomic mass is 16.1. The highest BCUT2D eigenvalue weighted by Gasteiger charge is 2.18. The van der Waals surface area contributed by atoms with E-state index >= 15 is 0 Å². The van der Waals surface area contributed by atoms with Gasteiger partial charge in [-0.2, -0.15) is 0 Å². The predicted octanol–water partition coefficient (Wildman–Crippen LogP) is 5.74. The number of rotatable bonds is 4. The number of nitrogens with one attached hydrogen (secondary N) is 1. The first-order valence-corrected chi connectivity index (χ1v) is 9.91. The molecule has 2 heteroatoms. The predicted molar refractivity (Wildman–Crippen MR) is 109 cm³/mol. The molecule has 0 spiro atoms. The first-order chi connectivity index (χ1) is 12.4. The van der Waals surface area contributed by atoms with Crippen molar-refractivity contribution in [2.45, 2.75) is 71.3 Å². The van der Waals surface area contributed by atoms with Gasteiger partial charge in [0, 0.05) is 5.56 Å². The maximum absolute atomic E-state index is 12.7. The summed E-state index contributed by atoms with van der Waals surface area (Å²) in [6.07, 6.45) is 5.83. The van der Waals surface area contributed by atoms with Gasteiger partial charge in [0.05, 0.1) is 6.04 Å². The van der Waals surface area contributed by atoms with Crippen molar-refractivity contribution in [1.29, 1.82) is 0 Å². The molecular formula is C24H31NO. The topological polar surface area (TPSA) is 29.1 Å². The van der Waals surface area contributed by atoms with E-state index in [2.05, 4.69) is 63.3 Å². The van der Waals surface area contributed by atoms with Crippen molar-refractivity contribution in [3.05, 3.63) is 70.3 Å². The van der Waals surface area contributed by atoms with Gasteiger partial charge < -0.3 is 5.32 Å². The fourth-order valence-electron chi connectivity index (χ4n) is 3.75. The Bertz CT molecular complexity index is 768. The van der Waals surface area contributed by atoms with E-state index in [0.29, 0.717) is 0 Å². The van der Waals surface area contributed by atoms with Gasteiger partial charge in [-0.25, -0.2) is 0 Å². The van der Waals surface area contributed by atoms with E-state index in [9.17, 15) is 4.79 Å². The minimum absolute atomic E-state index is 0.00929. The molecule has 0 saturated heterocycles. The van der Waals surface area contributed by atoms with Crippen LogP contribution in [0.4, 0.5) is 0 Å². The van der Waals surface area contributed by atoms with Crippen LogP contribution in [0, 0.1) is 0 Å². The summed E-state index contributed by atoms with van der Waals surface area (Å²) in [6.45, 7) is 8.69. The summed E-state index contributed by atoms with van der Waals surface area (Å²) in [7, 11) is 0. The zero-order valence-corrected chi connectivity index (χ0v) is 16.6. The standard InChI is InChI=1S/C24H31NO/c1-5-22(20-11-10-17-8-6-7-9-19(17)16-20)25-23(26)18-12-14-21(15-13-18)24(2,3)4/h10-16,22H,5-9H2,1-4H3,(H,25,26). The molecule has 0 fully saturated rings. The second kappa shape index (κ2) is 7.65. The van der Waals surface area contributed by atoms with Crippen LogP contribution in [0.2, 0.25) is 0 Å². The maximum Gasteiger partial charge on any atom is 0.251 e. The Hall–Kier alpha value is -2.09. The van der Waals surface area contributed by atoms with Crippen LogP contribution in [0.1, 0.15) is 85.6 Å². The van der Waals surface area contributed by atoms with Crippen LogP contribution in [-0.4, -0.2) is 5.91 Å². The molecule has 0 aromatic heterocycles. The maximum atomic E-state index is 12.7. The summed E-state index contributed by atoms with van der Waals surface area (Å²) < 4.78 is 0.